The quantitative estimate of drug-likeness (QED) is 0.275. The number of carbonyl (C=O) groups excluding carboxylic acids is 2. The van der Waals surface area contributed by atoms with Gasteiger partial charge in [-0.25, -0.2) is 4.79 Å². The SMILES string of the molecule is COCCOC(=O)[C@H](Cc1ccc(-c2c(C(F)(F)F)cc(C)n(C)c2=O)cc1)NC(=O)c1c(Cl)cccc1Cl. The lowest BCUT2D eigenvalue weighted by atomic mass is 9.97. The van der Waals surface area contributed by atoms with E-state index in [0.29, 0.717) is 5.56 Å². The highest BCUT2D eigenvalue weighted by Gasteiger charge is 2.36. The van der Waals surface area contributed by atoms with Gasteiger partial charge in [-0.3, -0.25) is 9.59 Å². The average Bonchev–Trinajstić information content (AvgIpc) is 2.86. The van der Waals surface area contributed by atoms with Crippen molar-refractivity contribution >= 4 is 35.1 Å². The number of hydrogen-bond acceptors (Lipinski definition) is 5. The van der Waals surface area contributed by atoms with Crippen molar-refractivity contribution in [2.24, 2.45) is 7.05 Å². The number of esters is 1. The number of methoxy groups -OCH3 is 1. The molecule has 0 spiro atoms. The fraction of sp³-hybridized carbons (Fsp3) is 0.296. The normalized spacial score (nSPS) is 12.2. The summed E-state index contributed by atoms with van der Waals surface area (Å²) in [6.45, 7) is 1.48. The predicted molar refractivity (Wildman–Crippen MR) is 141 cm³/mol. The van der Waals surface area contributed by atoms with Gasteiger partial charge in [0.1, 0.15) is 12.6 Å². The summed E-state index contributed by atoms with van der Waals surface area (Å²) in [5, 5.41) is 2.72. The van der Waals surface area contributed by atoms with Crippen LogP contribution < -0.4 is 10.9 Å². The van der Waals surface area contributed by atoms with Gasteiger partial charge in [-0.15, -0.1) is 0 Å². The van der Waals surface area contributed by atoms with Crippen LogP contribution in [0.4, 0.5) is 13.2 Å². The van der Waals surface area contributed by atoms with Crippen molar-refractivity contribution in [2.45, 2.75) is 25.6 Å². The van der Waals surface area contributed by atoms with Gasteiger partial charge in [0.15, 0.2) is 0 Å². The summed E-state index contributed by atoms with van der Waals surface area (Å²) in [4.78, 5) is 38.5. The van der Waals surface area contributed by atoms with Crippen LogP contribution in [0, 0.1) is 6.92 Å². The van der Waals surface area contributed by atoms with Crippen LogP contribution in [0.15, 0.2) is 53.3 Å². The lowest BCUT2D eigenvalue weighted by molar-refractivity contribution is -0.147. The molecule has 39 heavy (non-hydrogen) atoms. The van der Waals surface area contributed by atoms with Gasteiger partial charge in [0, 0.05) is 26.3 Å². The molecule has 0 saturated carbocycles. The maximum absolute atomic E-state index is 13.7. The molecule has 0 aliphatic carbocycles. The van der Waals surface area contributed by atoms with Gasteiger partial charge in [0.2, 0.25) is 0 Å². The zero-order chi connectivity index (χ0) is 28.9. The summed E-state index contributed by atoms with van der Waals surface area (Å²) in [5.74, 6) is -1.48. The molecule has 1 heterocycles. The molecule has 3 rings (SSSR count). The summed E-state index contributed by atoms with van der Waals surface area (Å²) in [7, 11) is 2.82. The minimum Gasteiger partial charge on any atom is -0.462 e. The third-order valence-corrected chi connectivity index (χ3v) is 6.60. The molecule has 2 aromatic carbocycles. The number of carbonyl (C=O) groups is 2. The highest BCUT2D eigenvalue weighted by Crippen LogP contribution is 2.36. The largest absolute Gasteiger partial charge is 0.462 e. The molecular formula is C27H25Cl2F3N2O5. The van der Waals surface area contributed by atoms with Gasteiger partial charge in [-0.1, -0.05) is 53.5 Å². The smallest absolute Gasteiger partial charge is 0.417 e. The highest BCUT2D eigenvalue weighted by atomic mass is 35.5. The molecule has 1 N–H and O–H groups in total. The molecule has 3 aromatic rings. The Morgan fingerprint density at radius 1 is 1.05 bits per heavy atom. The fourth-order valence-electron chi connectivity index (χ4n) is 3.83. The molecule has 0 aliphatic heterocycles. The van der Waals surface area contributed by atoms with E-state index in [9.17, 15) is 27.6 Å². The number of ether oxygens (including phenoxy) is 2. The Bertz CT molecular complexity index is 1400. The van der Waals surface area contributed by atoms with Crippen LogP contribution in [0.1, 0.15) is 27.2 Å². The van der Waals surface area contributed by atoms with E-state index >= 15 is 0 Å². The molecule has 0 aliphatic rings. The Morgan fingerprint density at radius 3 is 2.23 bits per heavy atom. The number of aryl methyl sites for hydroxylation is 1. The Morgan fingerprint density at radius 2 is 1.67 bits per heavy atom. The second-order valence-electron chi connectivity index (χ2n) is 8.62. The van der Waals surface area contributed by atoms with E-state index in [1.807, 2.05) is 0 Å². The van der Waals surface area contributed by atoms with E-state index in [-0.39, 0.29) is 46.5 Å². The topological polar surface area (TPSA) is 86.6 Å². The Balaban J connectivity index is 1.93. The fourth-order valence-corrected chi connectivity index (χ4v) is 4.40. The zero-order valence-electron chi connectivity index (χ0n) is 21.2. The lowest BCUT2D eigenvalue weighted by Crippen LogP contribution is -2.43. The van der Waals surface area contributed by atoms with Crippen molar-refractivity contribution in [1.29, 1.82) is 0 Å². The van der Waals surface area contributed by atoms with Crippen LogP contribution in [-0.4, -0.2) is 42.8 Å². The summed E-state index contributed by atoms with van der Waals surface area (Å²) < 4.78 is 52.4. The second kappa shape index (κ2) is 12.7. The van der Waals surface area contributed by atoms with Gasteiger partial charge in [-0.05, 0) is 36.2 Å². The number of nitrogens with one attached hydrogen (secondary N) is 1. The number of rotatable bonds is 9. The molecule has 1 amide bonds. The molecule has 0 unspecified atom stereocenters. The molecule has 0 bridgehead atoms. The number of amides is 1. The third kappa shape index (κ3) is 7.20. The van der Waals surface area contributed by atoms with Crippen molar-refractivity contribution in [3.63, 3.8) is 0 Å². The Kier molecular flexibility index (Phi) is 9.82. The average molecular weight is 585 g/mol. The molecular weight excluding hydrogens is 560 g/mol. The first-order chi connectivity index (χ1) is 18.3. The lowest BCUT2D eigenvalue weighted by Gasteiger charge is -2.19. The van der Waals surface area contributed by atoms with Gasteiger partial charge in [0.25, 0.3) is 11.5 Å². The van der Waals surface area contributed by atoms with Crippen LogP contribution in [0.25, 0.3) is 11.1 Å². The number of pyridine rings is 1. The van der Waals surface area contributed by atoms with E-state index < -0.39 is 40.8 Å². The van der Waals surface area contributed by atoms with E-state index in [1.54, 1.807) is 6.07 Å². The first-order valence-corrected chi connectivity index (χ1v) is 12.4. The van der Waals surface area contributed by atoms with Crippen molar-refractivity contribution < 1.29 is 32.2 Å². The molecule has 1 aromatic heterocycles. The van der Waals surface area contributed by atoms with Crippen molar-refractivity contribution in [3.05, 3.63) is 91.3 Å². The number of aromatic nitrogens is 1. The van der Waals surface area contributed by atoms with Crippen molar-refractivity contribution in [3.8, 4) is 11.1 Å². The second-order valence-corrected chi connectivity index (χ2v) is 9.43. The van der Waals surface area contributed by atoms with E-state index in [0.717, 1.165) is 10.6 Å². The first kappa shape index (κ1) is 30.2. The highest BCUT2D eigenvalue weighted by molar-refractivity contribution is 6.39. The number of alkyl halides is 3. The van der Waals surface area contributed by atoms with Crippen LogP contribution in [0.5, 0.6) is 0 Å². The molecule has 7 nitrogen and oxygen atoms in total. The number of benzene rings is 2. The molecule has 1 atom stereocenters. The van der Waals surface area contributed by atoms with E-state index in [2.05, 4.69) is 5.32 Å². The molecule has 0 saturated heterocycles. The van der Waals surface area contributed by atoms with Crippen LogP contribution in [0.3, 0.4) is 0 Å². The van der Waals surface area contributed by atoms with Crippen molar-refractivity contribution in [1.82, 2.24) is 9.88 Å². The van der Waals surface area contributed by atoms with E-state index in [4.69, 9.17) is 32.7 Å². The minimum atomic E-state index is -4.74. The Hall–Kier alpha value is -3.34. The monoisotopic (exact) mass is 584 g/mol. The van der Waals surface area contributed by atoms with Gasteiger partial charge < -0.3 is 19.4 Å². The molecule has 208 valence electrons. The molecule has 0 radical (unpaired) electrons. The zero-order valence-corrected chi connectivity index (χ0v) is 22.7. The summed E-state index contributed by atoms with van der Waals surface area (Å²) >= 11 is 12.2. The van der Waals surface area contributed by atoms with Crippen LogP contribution >= 0.6 is 23.2 Å². The third-order valence-electron chi connectivity index (χ3n) is 5.97. The van der Waals surface area contributed by atoms with Crippen LogP contribution in [-0.2, 0) is 33.9 Å². The van der Waals surface area contributed by atoms with Gasteiger partial charge in [0.05, 0.1) is 33.3 Å². The number of nitrogens with zero attached hydrogens (tertiary/aromatic N) is 1. The van der Waals surface area contributed by atoms with Crippen LogP contribution in [0.2, 0.25) is 10.0 Å². The summed E-state index contributed by atoms with van der Waals surface area (Å²) in [6, 6.07) is 9.89. The standard InChI is InChI=1S/C27H25Cl2F3N2O5/c1-15-13-18(27(30,31)32)22(25(36)34(15)2)17-9-7-16(8-10-17)14-21(26(37)39-12-11-38-3)33-24(35)23-19(28)5-4-6-20(23)29/h4-10,13,21H,11-12,14H2,1-3H3,(H,33,35)/t21-/m0/s1. The molecule has 0 fully saturated rings. The maximum atomic E-state index is 13.7. The molecule has 12 heteroatoms. The van der Waals surface area contributed by atoms with Gasteiger partial charge in [-0.2, -0.15) is 13.2 Å². The maximum Gasteiger partial charge on any atom is 0.417 e. The Labute approximate surface area is 232 Å². The summed E-state index contributed by atoms with van der Waals surface area (Å²) in [5.41, 5.74) is -1.65. The van der Waals surface area contributed by atoms with E-state index in [1.165, 1.54) is 57.5 Å². The first-order valence-electron chi connectivity index (χ1n) is 11.6. The van der Waals surface area contributed by atoms with Crippen molar-refractivity contribution in [2.75, 3.05) is 20.3 Å². The minimum absolute atomic E-state index is 0.0271. The summed E-state index contributed by atoms with van der Waals surface area (Å²) in [6.07, 6.45) is -4.81. The predicted octanol–water partition coefficient (Wildman–Crippen LogP) is 5.22. The number of halogens is 5. The van der Waals surface area contributed by atoms with Gasteiger partial charge >= 0.3 is 12.1 Å². The number of hydrogen-bond donors (Lipinski definition) is 1.